The lowest BCUT2D eigenvalue weighted by Crippen LogP contribution is -2.14. The highest BCUT2D eigenvalue weighted by Gasteiger charge is 2.14. The van der Waals surface area contributed by atoms with Crippen molar-refractivity contribution in [3.63, 3.8) is 0 Å². The lowest BCUT2D eigenvalue weighted by Gasteiger charge is -2.15. The smallest absolute Gasteiger partial charge is 0.146 e. The maximum atomic E-state index is 13.5. The van der Waals surface area contributed by atoms with Crippen LogP contribution in [-0.4, -0.2) is 0 Å². The zero-order valence-corrected chi connectivity index (χ0v) is 9.18. The van der Waals surface area contributed by atoms with Gasteiger partial charge in [0.05, 0.1) is 5.02 Å². The van der Waals surface area contributed by atoms with Crippen molar-refractivity contribution in [1.29, 1.82) is 0 Å². The maximum Gasteiger partial charge on any atom is 0.146 e. The Hall–Kier alpha value is -0.600. The Bertz CT molecular complexity index is 312. The standard InChI is InChI=1S/C11H15ClFN/c1-7(2)6-10(14)8-4-3-5-9(12)11(8)13/h3-5,7,10H,6,14H2,1-2H3/t10-/m0/s1. The molecule has 2 N–H and O–H groups in total. The normalized spacial score (nSPS) is 13.3. The zero-order chi connectivity index (χ0) is 10.7. The molecule has 0 saturated carbocycles. The van der Waals surface area contributed by atoms with Crippen LogP contribution in [0, 0.1) is 11.7 Å². The summed E-state index contributed by atoms with van der Waals surface area (Å²) >= 11 is 5.66. The number of halogens is 2. The van der Waals surface area contributed by atoms with E-state index in [1.165, 1.54) is 6.07 Å². The van der Waals surface area contributed by atoms with Crippen LogP contribution in [0.2, 0.25) is 5.02 Å². The van der Waals surface area contributed by atoms with Crippen LogP contribution in [0.1, 0.15) is 31.9 Å². The van der Waals surface area contributed by atoms with Gasteiger partial charge in [-0.15, -0.1) is 0 Å². The molecule has 0 aliphatic carbocycles. The van der Waals surface area contributed by atoms with Gasteiger partial charge in [-0.05, 0) is 18.4 Å². The number of nitrogens with two attached hydrogens (primary N) is 1. The molecule has 1 aromatic rings. The average molecular weight is 216 g/mol. The molecule has 0 heterocycles. The monoisotopic (exact) mass is 215 g/mol. The first-order chi connectivity index (χ1) is 6.52. The molecule has 0 radical (unpaired) electrons. The van der Waals surface area contributed by atoms with E-state index in [1.807, 2.05) is 0 Å². The van der Waals surface area contributed by atoms with Crippen LogP contribution in [0.3, 0.4) is 0 Å². The Morgan fingerprint density at radius 1 is 1.43 bits per heavy atom. The van der Waals surface area contributed by atoms with Crippen molar-refractivity contribution in [2.45, 2.75) is 26.3 Å². The SMILES string of the molecule is CC(C)C[C@H](N)c1cccc(Cl)c1F. The van der Waals surface area contributed by atoms with Gasteiger partial charge in [0.25, 0.3) is 0 Å². The Morgan fingerprint density at radius 3 is 2.64 bits per heavy atom. The summed E-state index contributed by atoms with van der Waals surface area (Å²) in [7, 11) is 0. The van der Waals surface area contributed by atoms with Crippen LogP contribution in [0.15, 0.2) is 18.2 Å². The topological polar surface area (TPSA) is 26.0 Å². The van der Waals surface area contributed by atoms with Gasteiger partial charge in [0, 0.05) is 11.6 Å². The van der Waals surface area contributed by atoms with Gasteiger partial charge in [0.15, 0.2) is 0 Å². The van der Waals surface area contributed by atoms with Crippen molar-refractivity contribution >= 4 is 11.6 Å². The molecular weight excluding hydrogens is 201 g/mol. The molecule has 1 atom stereocenters. The summed E-state index contributed by atoms with van der Waals surface area (Å²) in [5, 5.41) is 0.140. The molecule has 14 heavy (non-hydrogen) atoms. The van der Waals surface area contributed by atoms with Crippen molar-refractivity contribution in [2.75, 3.05) is 0 Å². The average Bonchev–Trinajstić information content (AvgIpc) is 2.08. The van der Waals surface area contributed by atoms with Gasteiger partial charge >= 0.3 is 0 Å². The second-order valence-electron chi connectivity index (χ2n) is 3.88. The Kier molecular flexibility index (Phi) is 3.90. The van der Waals surface area contributed by atoms with E-state index in [4.69, 9.17) is 17.3 Å². The van der Waals surface area contributed by atoms with E-state index < -0.39 is 0 Å². The maximum absolute atomic E-state index is 13.5. The minimum Gasteiger partial charge on any atom is -0.324 e. The third-order valence-electron chi connectivity index (χ3n) is 2.11. The van der Waals surface area contributed by atoms with Crippen molar-refractivity contribution < 1.29 is 4.39 Å². The van der Waals surface area contributed by atoms with Gasteiger partial charge in [0.1, 0.15) is 5.82 Å². The van der Waals surface area contributed by atoms with Crippen LogP contribution < -0.4 is 5.73 Å². The zero-order valence-electron chi connectivity index (χ0n) is 8.43. The molecule has 0 unspecified atom stereocenters. The highest BCUT2D eigenvalue weighted by Crippen LogP contribution is 2.25. The molecule has 0 aliphatic rings. The summed E-state index contributed by atoms with van der Waals surface area (Å²) < 4.78 is 13.5. The highest BCUT2D eigenvalue weighted by molar-refractivity contribution is 6.30. The predicted molar refractivity (Wildman–Crippen MR) is 57.8 cm³/mol. The predicted octanol–water partition coefficient (Wildman–Crippen LogP) is 3.53. The molecule has 0 bridgehead atoms. The molecule has 0 amide bonds. The number of benzene rings is 1. The molecule has 0 spiro atoms. The van der Waals surface area contributed by atoms with E-state index in [1.54, 1.807) is 12.1 Å². The summed E-state index contributed by atoms with van der Waals surface area (Å²) in [6.07, 6.45) is 0.761. The minimum atomic E-state index is -0.387. The highest BCUT2D eigenvalue weighted by atomic mass is 35.5. The first-order valence-electron chi connectivity index (χ1n) is 4.72. The van der Waals surface area contributed by atoms with Gasteiger partial charge in [-0.3, -0.25) is 0 Å². The fraction of sp³-hybridized carbons (Fsp3) is 0.455. The summed E-state index contributed by atoms with van der Waals surface area (Å²) in [6, 6.07) is 4.67. The van der Waals surface area contributed by atoms with E-state index >= 15 is 0 Å². The lowest BCUT2D eigenvalue weighted by atomic mass is 9.97. The van der Waals surface area contributed by atoms with Gasteiger partial charge in [-0.25, -0.2) is 4.39 Å². The first kappa shape index (κ1) is 11.5. The van der Waals surface area contributed by atoms with Crippen LogP contribution in [0.25, 0.3) is 0 Å². The van der Waals surface area contributed by atoms with Crippen molar-refractivity contribution in [1.82, 2.24) is 0 Å². The van der Waals surface area contributed by atoms with Crippen LogP contribution >= 0.6 is 11.6 Å². The molecule has 1 aromatic carbocycles. The quantitative estimate of drug-likeness (QED) is 0.820. The molecule has 1 rings (SSSR count). The molecule has 1 nitrogen and oxygen atoms in total. The van der Waals surface area contributed by atoms with Crippen molar-refractivity contribution in [3.8, 4) is 0 Å². The molecule has 78 valence electrons. The molecule has 0 aliphatic heterocycles. The van der Waals surface area contributed by atoms with E-state index in [-0.39, 0.29) is 16.9 Å². The fourth-order valence-electron chi connectivity index (χ4n) is 1.44. The second kappa shape index (κ2) is 4.76. The van der Waals surface area contributed by atoms with E-state index in [0.29, 0.717) is 11.5 Å². The van der Waals surface area contributed by atoms with Crippen LogP contribution in [0.4, 0.5) is 4.39 Å². The molecule has 0 aromatic heterocycles. The summed E-state index contributed by atoms with van der Waals surface area (Å²) in [4.78, 5) is 0. The fourth-order valence-corrected chi connectivity index (χ4v) is 1.62. The number of hydrogen-bond acceptors (Lipinski definition) is 1. The third-order valence-corrected chi connectivity index (χ3v) is 2.40. The second-order valence-corrected chi connectivity index (χ2v) is 4.29. The minimum absolute atomic E-state index is 0.140. The summed E-state index contributed by atoms with van der Waals surface area (Å²) in [5.74, 6) is 0.0608. The molecular formula is C11H15ClFN. The third kappa shape index (κ3) is 2.69. The number of hydrogen-bond donors (Lipinski definition) is 1. The summed E-state index contributed by atoms with van der Waals surface area (Å²) in [6.45, 7) is 4.12. The molecule has 0 saturated heterocycles. The van der Waals surface area contributed by atoms with Crippen LogP contribution in [0.5, 0.6) is 0 Å². The first-order valence-corrected chi connectivity index (χ1v) is 5.09. The van der Waals surface area contributed by atoms with Crippen molar-refractivity contribution in [2.24, 2.45) is 11.7 Å². The van der Waals surface area contributed by atoms with E-state index in [9.17, 15) is 4.39 Å². The van der Waals surface area contributed by atoms with Gasteiger partial charge in [-0.2, -0.15) is 0 Å². The van der Waals surface area contributed by atoms with Gasteiger partial charge < -0.3 is 5.73 Å². The van der Waals surface area contributed by atoms with Crippen LogP contribution in [-0.2, 0) is 0 Å². The van der Waals surface area contributed by atoms with Gasteiger partial charge in [0.2, 0.25) is 0 Å². The Balaban J connectivity index is 2.89. The van der Waals surface area contributed by atoms with E-state index in [0.717, 1.165) is 6.42 Å². The number of rotatable bonds is 3. The lowest BCUT2D eigenvalue weighted by molar-refractivity contribution is 0.489. The van der Waals surface area contributed by atoms with Crippen molar-refractivity contribution in [3.05, 3.63) is 34.6 Å². The Morgan fingerprint density at radius 2 is 2.07 bits per heavy atom. The molecule has 3 heteroatoms. The van der Waals surface area contributed by atoms with Gasteiger partial charge in [-0.1, -0.05) is 37.6 Å². The largest absolute Gasteiger partial charge is 0.324 e. The summed E-state index contributed by atoms with van der Waals surface area (Å²) in [5.41, 5.74) is 6.37. The van der Waals surface area contributed by atoms with E-state index in [2.05, 4.69) is 13.8 Å². The Labute approximate surface area is 89.1 Å². The molecule has 0 fully saturated rings.